The van der Waals surface area contributed by atoms with Gasteiger partial charge in [0.25, 0.3) is 0 Å². The highest BCUT2D eigenvalue weighted by molar-refractivity contribution is 5.47. The van der Waals surface area contributed by atoms with Crippen molar-refractivity contribution >= 4 is 11.6 Å². The highest BCUT2D eigenvalue weighted by Crippen LogP contribution is 2.26. The Kier molecular flexibility index (Phi) is 3.68. The molecule has 1 aromatic heterocycles. The van der Waals surface area contributed by atoms with Crippen molar-refractivity contribution in [1.29, 1.82) is 0 Å². The van der Waals surface area contributed by atoms with E-state index in [0.29, 0.717) is 17.7 Å². The summed E-state index contributed by atoms with van der Waals surface area (Å²) < 4.78 is 5.70. The van der Waals surface area contributed by atoms with E-state index in [-0.39, 0.29) is 5.60 Å². The Morgan fingerprint density at radius 2 is 2.11 bits per heavy atom. The van der Waals surface area contributed by atoms with Crippen LogP contribution in [0.3, 0.4) is 0 Å². The van der Waals surface area contributed by atoms with Gasteiger partial charge in [-0.2, -0.15) is 0 Å². The number of nitrogen functional groups attached to an aromatic ring is 1. The lowest BCUT2D eigenvalue weighted by Gasteiger charge is -2.36. The predicted octanol–water partition coefficient (Wildman–Crippen LogP) is 1.44. The first kappa shape index (κ1) is 13.0. The summed E-state index contributed by atoms with van der Waals surface area (Å²) in [6, 6.07) is 2.18. The van der Waals surface area contributed by atoms with Gasteiger partial charge in [0.2, 0.25) is 0 Å². The smallest absolute Gasteiger partial charge is 0.145 e. The number of anilines is 2. The zero-order valence-electron chi connectivity index (χ0n) is 11.2. The van der Waals surface area contributed by atoms with Gasteiger partial charge in [-0.25, -0.2) is 15.8 Å². The molecule has 6 heteroatoms. The molecule has 2 heterocycles. The molecule has 1 aromatic rings. The van der Waals surface area contributed by atoms with Gasteiger partial charge in [0.05, 0.1) is 5.60 Å². The van der Waals surface area contributed by atoms with Crippen LogP contribution in [0.15, 0.2) is 6.07 Å². The van der Waals surface area contributed by atoms with Gasteiger partial charge < -0.3 is 15.5 Å². The van der Waals surface area contributed by atoms with E-state index in [0.717, 1.165) is 25.3 Å². The van der Waals surface area contributed by atoms with Gasteiger partial charge in [-0.3, -0.25) is 0 Å². The molecule has 0 aromatic carbocycles. The molecule has 18 heavy (non-hydrogen) atoms. The fourth-order valence-corrected chi connectivity index (χ4v) is 2.28. The Morgan fingerprint density at radius 1 is 1.39 bits per heavy atom. The van der Waals surface area contributed by atoms with Crippen LogP contribution < -0.4 is 16.6 Å². The molecule has 0 bridgehead atoms. The third-order valence-corrected chi connectivity index (χ3v) is 3.03. The van der Waals surface area contributed by atoms with E-state index >= 15 is 0 Å². The van der Waals surface area contributed by atoms with E-state index in [1.165, 1.54) is 0 Å². The van der Waals surface area contributed by atoms with Crippen molar-refractivity contribution in [1.82, 2.24) is 9.97 Å². The number of hydrogen-bond acceptors (Lipinski definition) is 6. The van der Waals surface area contributed by atoms with Crippen molar-refractivity contribution in [3.8, 4) is 0 Å². The summed E-state index contributed by atoms with van der Waals surface area (Å²) in [5, 5.41) is 3.43. The Bertz CT molecular complexity index is 421. The molecule has 0 spiro atoms. The summed E-state index contributed by atoms with van der Waals surface area (Å²) in [7, 11) is 0. The normalized spacial score (nSPS) is 22.6. The first-order valence-electron chi connectivity index (χ1n) is 6.21. The van der Waals surface area contributed by atoms with Crippen LogP contribution in [0.2, 0.25) is 0 Å². The van der Waals surface area contributed by atoms with Gasteiger partial charge in [0.1, 0.15) is 17.5 Å². The minimum Gasteiger partial charge on any atom is -0.375 e. The van der Waals surface area contributed by atoms with Crippen molar-refractivity contribution in [3.05, 3.63) is 11.9 Å². The zero-order valence-corrected chi connectivity index (χ0v) is 11.2. The molecule has 0 radical (unpaired) electrons. The van der Waals surface area contributed by atoms with Gasteiger partial charge in [-0.15, -0.1) is 0 Å². The van der Waals surface area contributed by atoms with Crippen molar-refractivity contribution in [3.63, 3.8) is 0 Å². The van der Waals surface area contributed by atoms with Crippen LogP contribution in [0.5, 0.6) is 0 Å². The Hall–Kier alpha value is -1.40. The number of nitrogens with one attached hydrogen (secondary N) is 2. The van der Waals surface area contributed by atoms with E-state index < -0.39 is 0 Å². The van der Waals surface area contributed by atoms with Gasteiger partial charge >= 0.3 is 0 Å². The molecule has 1 saturated heterocycles. The molecule has 100 valence electrons. The summed E-state index contributed by atoms with van der Waals surface area (Å²) in [4.78, 5) is 8.53. The maximum Gasteiger partial charge on any atom is 0.145 e. The Balaban J connectivity index is 2.07. The second-order valence-corrected chi connectivity index (χ2v) is 5.27. The highest BCUT2D eigenvalue weighted by Gasteiger charge is 2.28. The molecule has 0 saturated carbocycles. The molecular weight excluding hydrogens is 230 g/mol. The lowest BCUT2D eigenvalue weighted by molar-refractivity contribution is -0.0553. The van der Waals surface area contributed by atoms with E-state index in [2.05, 4.69) is 34.6 Å². The molecule has 2 rings (SSSR count). The highest BCUT2D eigenvalue weighted by atomic mass is 16.5. The van der Waals surface area contributed by atoms with Gasteiger partial charge in [0.15, 0.2) is 0 Å². The third-order valence-electron chi connectivity index (χ3n) is 3.03. The molecule has 4 N–H and O–H groups in total. The molecule has 1 unspecified atom stereocenters. The summed E-state index contributed by atoms with van der Waals surface area (Å²) in [5.41, 5.74) is 2.47. The Labute approximate surface area is 107 Å². The van der Waals surface area contributed by atoms with Crippen LogP contribution in [0.25, 0.3) is 0 Å². The maximum atomic E-state index is 5.70. The quantitative estimate of drug-likeness (QED) is 0.557. The standard InChI is InChI=1S/C12H21N5O/c1-8-14-10(6-11(15-8)17-13)16-9-4-5-18-12(2,3)7-9/h6,9H,4-5,7,13H2,1-3H3,(H2,14,15,16,17). The largest absolute Gasteiger partial charge is 0.375 e. The van der Waals surface area contributed by atoms with Crippen molar-refractivity contribution in [2.45, 2.75) is 45.3 Å². The topological polar surface area (TPSA) is 85.1 Å². The number of ether oxygens (including phenoxy) is 1. The number of rotatable bonds is 3. The minimum absolute atomic E-state index is 0.0764. The number of hydrazine groups is 1. The molecule has 1 atom stereocenters. The first-order valence-corrected chi connectivity index (χ1v) is 6.21. The van der Waals surface area contributed by atoms with Crippen LogP contribution in [0, 0.1) is 6.92 Å². The van der Waals surface area contributed by atoms with Crippen molar-refractivity contribution in [2.24, 2.45) is 5.84 Å². The number of nitrogens with two attached hydrogens (primary N) is 1. The van der Waals surface area contributed by atoms with Gasteiger partial charge in [-0.1, -0.05) is 0 Å². The van der Waals surface area contributed by atoms with E-state index in [9.17, 15) is 0 Å². The fraction of sp³-hybridized carbons (Fsp3) is 0.667. The van der Waals surface area contributed by atoms with Gasteiger partial charge in [-0.05, 0) is 33.6 Å². The molecule has 0 amide bonds. The number of aryl methyl sites for hydroxylation is 1. The van der Waals surface area contributed by atoms with E-state index in [1.54, 1.807) is 0 Å². The first-order chi connectivity index (χ1) is 8.48. The molecule has 0 aliphatic carbocycles. The third kappa shape index (κ3) is 3.30. The van der Waals surface area contributed by atoms with E-state index in [1.807, 2.05) is 13.0 Å². The minimum atomic E-state index is -0.0764. The molecular formula is C12H21N5O. The summed E-state index contributed by atoms with van der Waals surface area (Å²) in [6.45, 7) is 6.84. The summed E-state index contributed by atoms with van der Waals surface area (Å²) in [5.74, 6) is 7.49. The average molecular weight is 251 g/mol. The van der Waals surface area contributed by atoms with Crippen molar-refractivity contribution in [2.75, 3.05) is 17.3 Å². The van der Waals surface area contributed by atoms with Crippen molar-refractivity contribution < 1.29 is 4.74 Å². The summed E-state index contributed by atoms with van der Waals surface area (Å²) >= 11 is 0. The molecule has 1 aliphatic rings. The SMILES string of the molecule is Cc1nc(NN)cc(NC2CCOC(C)(C)C2)n1. The molecule has 1 fully saturated rings. The number of hydrogen-bond donors (Lipinski definition) is 3. The molecule has 6 nitrogen and oxygen atoms in total. The monoisotopic (exact) mass is 251 g/mol. The number of aromatic nitrogens is 2. The fourth-order valence-electron chi connectivity index (χ4n) is 2.28. The molecule has 1 aliphatic heterocycles. The second-order valence-electron chi connectivity index (χ2n) is 5.27. The van der Waals surface area contributed by atoms with Crippen LogP contribution in [0.1, 0.15) is 32.5 Å². The van der Waals surface area contributed by atoms with Crippen LogP contribution in [0.4, 0.5) is 11.6 Å². The predicted molar refractivity (Wildman–Crippen MR) is 71.3 cm³/mol. The average Bonchev–Trinajstić information content (AvgIpc) is 2.26. The zero-order chi connectivity index (χ0) is 13.2. The van der Waals surface area contributed by atoms with Gasteiger partial charge in [0, 0.05) is 18.7 Å². The maximum absolute atomic E-state index is 5.70. The number of nitrogens with zero attached hydrogens (tertiary/aromatic N) is 2. The Morgan fingerprint density at radius 3 is 2.78 bits per heavy atom. The second kappa shape index (κ2) is 5.07. The lowest BCUT2D eigenvalue weighted by Crippen LogP contribution is -2.40. The van der Waals surface area contributed by atoms with E-state index in [4.69, 9.17) is 10.6 Å². The van der Waals surface area contributed by atoms with Crippen LogP contribution >= 0.6 is 0 Å². The summed E-state index contributed by atoms with van der Waals surface area (Å²) in [6.07, 6.45) is 1.94. The van der Waals surface area contributed by atoms with Crippen LogP contribution in [-0.2, 0) is 4.74 Å². The lowest BCUT2D eigenvalue weighted by atomic mass is 9.94. The van der Waals surface area contributed by atoms with Crippen LogP contribution in [-0.4, -0.2) is 28.2 Å².